The molecule has 30 heavy (non-hydrogen) atoms. The van der Waals surface area contributed by atoms with Crippen molar-refractivity contribution in [1.29, 1.82) is 0 Å². The van der Waals surface area contributed by atoms with Gasteiger partial charge in [0.15, 0.2) is 17.5 Å². The number of unbranched alkanes of at least 4 members (excludes halogenated alkanes) is 1. The standard InChI is InChI=1S/C25H23N3O2/c29-16-8-7-9-18-14-15-21(22(30)17-18)25-27-23(19-10-3-1-4-11-19)26-24(28-25)20-12-5-2-6-13-20/h1-6,10-15,17,29-30H,7-9,16H2. The summed E-state index contributed by atoms with van der Waals surface area (Å²) in [5.74, 6) is 1.69. The van der Waals surface area contributed by atoms with E-state index < -0.39 is 0 Å². The zero-order chi connectivity index (χ0) is 20.8. The molecule has 4 rings (SSSR count). The van der Waals surface area contributed by atoms with Gasteiger partial charge in [0.1, 0.15) is 5.75 Å². The third kappa shape index (κ3) is 4.53. The molecule has 0 fully saturated rings. The van der Waals surface area contributed by atoms with Gasteiger partial charge in [-0.05, 0) is 37.0 Å². The number of rotatable bonds is 7. The van der Waals surface area contributed by atoms with E-state index in [0.717, 1.165) is 36.0 Å². The van der Waals surface area contributed by atoms with Crippen molar-refractivity contribution >= 4 is 0 Å². The molecule has 4 aromatic rings. The van der Waals surface area contributed by atoms with Gasteiger partial charge in [-0.25, -0.2) is 15.0 Å². The van der Waals surface area contributed by atoms with Crippen molar-refractivity contribution < 1.29 is 10.2 Å². The number of nitrogens with zero attached hydrogens (tertiary/aromatic N) is 3. The summed E-state index contributed by atoms with van der Waals surface area (Å²) in [5.41, 5.74) is 3.36. The molecule has 0 aliphatic rings. The van der Waals surface area contributed by atoms with Crippen LogP contribution in [0, 0.1) is 0 Å². The number of benzene rings is 3. The van der Waals surface area contributed by atoms with E-state index >= 15 is 0 Å². The maximum absolute atomic E-state index is 10.7. The molecule has 0 spiro atoms. The molecule has 0 aliphatic carbocycles. The Hall–Kier alpha value is -3.57. The quantitative estimate of drug-likeness (QED) is 0.434. The Bertz CT molecular complexity index is 1060. The predicted molar refractivity (Wildman–Crippen MR) is 118 cm³/mol. The van der Waals surface area contributed by atoms with Gasteiger partial charge in [-0.1, -0.05) is 66.7 Å². The van der Waals surface area contributed by atoms with E-state index in [2.05, 4.69) is 15.0 Å². The van der Waals surface area contributed by atoms with Crippen LogP contribution in [0.5, 0.6) is 5.75 Å². The Morgan fingerprint density at radius 3 is 1.73 bits per heavy atom. The highest BCUT2D eigenvalue weighted by Gasteiger charge is 2.14. The Labute approximate surface area is 175 Å². The van der Waals surface area contributed by atoms with E-state index in [4.69, 9.17) is 5.11 Å². The van der Waals surface area contributed by atoms with Crippen molar-refractivity contribution in [3.05, 3.63) is 84.4 Å². The van der Waals surface area contributed by atoms with Crippen molar-refractivity contribution in [3.63, 3.8) is 0 Å². The zero-order valence-corrected chi connectivity index (χ0v) is 16.6. The van der Waals surface area contributed by atoms with Crippen molar-refractivity contribution in [1.82, 2.24) is 15.0 Å². The molecule has 5 heteroatoms. The van der Waals surface area contributed by atoms with Crippen LogP contribution in [0.25, 0.3) is 34.2 Å². The Morgan fingerprint density at radius 2 is 1.20 bits per heavy atom. The van der Waals surface area contributed by atoms with Crippen LogP contribution in [-0.2, 0) is 6.42 Å². The molecule has 1 aromatic heterocycles. The fourth-order valence-corrected chi connectivity index (χ4v) is 3.29. The highest BCUT2D eigenvalue weighted by Crippen LogP contribution is 2.31. The summed E-state index contributed by atoms with van der Waals surface area (Å²) < 4.78 is 0. The summed E-state index contributed by atoms with van der Waals surface area (Å²) in [6.07, 6.45) is 2.42. The highest BCUT2D eigenvalue weighted by molar-refractivity contribution is 5.69. The second-order valence-corrected chi connectivity index (χ2v) is 7.07. The van der Waals surface area contributed by atoms with Crippen LogP contribution in [0.1, 0.15) is 18.4 Å². The molecule has 0 saturated heterocycles. The summed E-state index contributed by atoms with van der Waals surface area (Å²) in [6.45, 7) is 0.180. The number of aryl methyl sites for hydroxylation is 1. The van der Waals surface area contributed by atoms with E-state index in [1.54, 1.807) is 6.07 Å². The molecule has 2 N–H and O–H groups in total. The van der Waals surface area contributed by atoms with Gasteiger partial charge in [0, 0.05) is 17.7 Å². The van der Waals surface area contributed by atoms with Crippen LogP contribution in [0.15, 0.2) is 78.9 Å². The lowest BCUT2D eigenvalue weighted by Gasteiger charge is -2.10. The van der Waals surface area contributed by atoms with Crippen LogP contribution >= 0.6 is 0 Å². The summed E-state index contributed by atoms with van der Waals surface area (Å²) in [4.78, 5) is 14.0. The maximum Gasteiger partial charge on any atom is 0.167 e. The first kappa shape index (κ1) is 19.7. The largest absolute Gasteiger partial charge is 0.507 e. The first-order valence-electron chi connectivity index (χ1n) is 10.0. The van der Waals surface area contributed by atoms with Crippen LogP contribution in [0.2, 0.25) is 0 Å². The Morgan fingerprint density at radius 1 is 0.633 bits per heavy atom. The highest BCUT2D eigenvalue weighted by atomic mass is 16.3. The number of aromatic nitrogens is 3. The second kappa shape index (κ2) is 9.29. The zero-order valence-electron chi connectivity index (χ0n) is 16.6. The van der Waals surface area contributed by atoms with Gasteiger partial charge in [-0.2, -0.15) is 0 Å². The molecule has 5 nitrogen and oxygen atoms in total. The molecule has 0 saturated carbocycles. The number of phenols is 1. The Kier molecular flexibility index (Phi) is 6.11. The van der Waals surface area contributed by atoms with Crippen LogP contribution < -0.4 is 0 Å². The van der Waals surface area contributed by atoms with Gasteiger partial charge in [0.2, 0.25) is 0 Å². The van der Waals surface area contributed by atoms with E-state index in [1.807, 2.05) is 72.8 Å². The molecule has 0 aliphatic heterocycles. The molecule has 150 valence electrons. The minimum absolute atomic E-state index is 0.140. The summed E-state index contributed by atoms with van der Waals surface area (Å²) in [5, 5.41) is 19.6. The molecule has 0 unspecified atom stereocenters. The SMILES string of the molecule is OCCCCc1ccc(-c2nc(-c3ccccc3)nc(-c3ccccc3)n2)c(O)c1. The van der Waals surface area contributed by atoms with Crippen molar-refractivity contribution in [2.45, 2.75) is 19.3 Å². The molecule has 0 atom stereocenters. The number of phenolic OH excluding ortho intramolecular Hbond substituents is 1. The van der Waals surface area contributed by atoms with Gasteiger partial charge in [-0.3, -0.25) is 0 Å². The fraction of sp³-hybridized carbons (Fsp3) is 0.160. The van der Waals surface area contributed by atoms with Crippen LogP contribution in [0.3, 0.4) is 0 Å². The number of aliphatic hydroxyl groups is 1. The minimum atomic E-state index is 0.140. The van der Waals surface area contributed by atoms with Crippen molar-refractivity contribution in [2.24, 2.45) is 0 Å². The lowest BCUT2D eigenvalue weighted by atomic mass is 10.0. The van der Waals surface area contributed by atoms with E-state index in [9.17, 15) is 5.11 Å². The van der Waals surface area contributed by atoms with Crippen LogP contribution in [0.4, 0.5) is 0 Å². The molecule has 0 amide bonds. The normalized spacial score (nSPS) is 10.8. The van der Waals surface area contributed by atoms with E-state index in [0.29, 0.717) is 23.0 Å². The van der Waals surface area contributed by atoms with E-state index in [-0.39, 0.29) is 12.4 Å². The lowest BCUT2D eigenvalue weighted by molar-refractivity contribution is 0.284. The predicted octanol–water partition coefficient (Wildman–Crippen LogP) is 4.89. The van der Waals surface area contributed by atoms with Gasteiger partial charge in [0.05, 0.1) is 5.56 Å². The maximum atomic E-state index is 10.7. The topological polar surface area (TPSA) is 79.1 Å². The minimum Gasteiger partial charge on any atom is -0.507 e. The van der Waals surface area contributed by atoms with Gasteiger partial charge in [0.25, 0.3) is 0 Å². The molecule has 0 radical (unpaired) electrons. The molecule has 0 bridgehead atoms. The Balaban J connectivity index is 1.77. The molecule has 3 aromatic carbocycles. The van der Waals surface area contributed by atoms with Gasteiger partial charge >= 0.3 is 0 Å². The number of hydrogen-bond acceptors (Lipinski definition) is 5. The fourth-order valence-electron chi connectivity index (χ4n) is 3.29. The summed E-state index contributed by atoms with van der Waals surface area (Å²) in [7, 11) is 0. The molecular weight excluding hydrogens is 374 g/mol. The molecule has 1 heterocycles. The number of aliphatic hydroxyl groups excluding tert-OH is 1. The van der Waals surface area contributed by atoms with Crippen molar-refractivity contribution in [2.75, 3.05) is 6.61 Å². The first-order chi connectivity index (χ1) is 14.7. The smallest absolute Gasteiger partial charge is 0.167 e. The number of aromatic hydroxyl groups is 1. The number of hydrogen-bond donors (Lipinski definition) is 2. The van der Waals surface area contributed by atoms with Gasteiger partial charge in [-0.15, -0.1) is 0 Å². The lowest BCUT2D eigenvalue weighted by Crippen LogP contribution is -2.00. The monoisotopic (exact) mass is 397 g/mol. The average Bonchev–Trinajstić information content (AvgIpc) is 2.80. The summed E-state index contributed by atoms with van der Waals surface area (Å²) >= 11 is 0. The summed E-state index contributed by atoms with van der Waals surface area (Å²) in [6, 6.07) is 25.1. The average molecular weight is 397 g/mol. The molecular formula is C25H23N3O2. The van der Waals surface area contributed by atoms with Gasteiger partial charge < -0.3 is 10.2 Å². The third-order valence-electron chi connectivity index (χ3n) is 4.88. The first-order valence-corrected chi connectivity index (χ1v) is 10.0. The van der Waals surface area contributed by atoms with Crippen molar-refractivity contribution in [3.8, 4) is 39.9 Å². The third-order valence-corrected chi connectivity index (χ3v) is 4.88. The van der Waals surface area contributed by atoms with E-state index in [1.165, 1.54) is 0 Å². The second-order valence-electron chi connectivity index (χ2n) is 7.07. The van der Waals surface area contributed by atoms with Crippen LogP contribution in [-0.4, -0.2) is 31.8 Å².